The van der Waals surface area contributed by atoms with E-state index in [1.807, 2.05) is 0 Å². The molecule has 1 aliphatic rings. The number of hydrogen-bond donors (Lipinski definition) is 1. The molecule has 0 radical (unpaired) electrons. The van der Waals surface area contributed by atoms with Gasteiger partial charge >= 0.3 is 0 Å². The summed E-state index contributed by atoms with van der Waals surface area (Å²) in [4.78, 5) is 12.5. The zero-order valence-electron chi connectivity index (χ0n) is 11.4. The van der Waals surface area contributed by atoms with E-state index in [1.54, 1.807) is 18.2 Å². The lowest BCUT2D eigenvalue weighted by molar-refractivity contribution is 0.0869. The number of carbonyl (C=O) groups is 1. The molecule has 1 amide bonds. The van der Waals surface area contributed by atoms with Gasteiger partial charge in [0.15, 0.2) is 0 Å². The zero-order valence-corrected chi connectivity index (χ0v) is 14.5. The van der Waals surface area contributed by atoms with Crippen LogP contribution in [0.4, 0.5) is 0 Å². The Morgan fingerprint density at radius 1 is 1.50 bits per heavy atom. The summed E-state index contributed by atoms with van der Waals surface area (Å²) in [5.74, 6) is 0.475. The van der Waals surface area contributed by atoms with E-state index >= 15 is 0 Å². The quantitative estimate of drug-likeness (QED) is 0.731. The average molecular weight is 379 g/mol. The third kappa shape index (κ3) is 3.49. The first-order valence-corrected chi connectivity index (χ1v) is 8.68. The van der Waals surface area contributed by atoms with Crippen LogP contribution < -0.4 is 5.32 Å². The van der Waals surface area contributed by atoms with Gasteiger partial charge in [-0.1, -0.05) is 65.0 Å². The molecule has 0 bridgehead atoms. The summed E-state index contributed by atoms with van der Waals surface area (Å²) in [6.07, 6.45) is 4.34. The van der Waals surface area contributed by atoms with Crippen LogP contribution in [-0.4, -0.2) is 16.8 Å². The number of nitrogens with one attached hydrogen (secondary N) is 1. The van der Waals surface area contributed by atoms with E-state index in [0.717, 1.165) is 24.6 Å². The Morgan fingerprint density at radius 3 is 2.90 bits per heavy atom. The van der Waals surface area contributed by atoms with Gasteiger partial charge in [0.25, 0.3) is 5.91 Å². The van der Waals surface area contributed by atoms with E-state index in [9.17, 15) is 4.79 Å². The molecular weight excluding hydrogens is 361 g/mol. The molecular formula is C15H18BrCl2NO. The maximum absolute atomic E-state index is 12.5. The highest BCUT2D eigenvalue weighted by Gasteiger charge is 2.35. The molecule has 2 unspecified atom stereocenters. The van der Waals surface area contributed by atoms with Crippen LogP contribution in [0.5, 0.6) is 0 Å². The normalized spacial score (nSPS) is 26.3. The molecule has 20 heavy (non-hydrogen) atoms. The number of amides is 1. The van der Waals surface area contributed by atoms with Gasteiger partial charge in [-0.15, -0.1) is 0 Å². The molecule has 1 aromatic rings. The van der Waals surface area contributed by atoms with Gasteiger partial charge in [-0.25, -0.2) is 0 Å². The zero-order chi connectivity index (χ0) is 14.8. The molecule has 110 valence electrons. The van der Waals surface area contributed by atoms with Crippen molar-refractivity contribution in [1.29, 1.82) is 0 Å². The van der Waals surface area contributed by atoms with Crippen molar-refractivity contribution in [3.8, 4) is 0 Å². The van der Waals surface area contributed by atoms with Gasteiger partial charge in [0.05, 0.1) is 21.1 Å². The topological polar surface area (TPSA) is 29.1 Å². The fraction of sp³-hybridized carbons (Fsp3) is 0.533. The Balaban J connectivity index is 2.19. The number of carbonyl (C=O) groups excluding carboxylic acids is 1. The van der Waals surface area contributed by atoms with Gasteiger partial charge in [0.2, 0.25) is 0 Å². The molecule has 2 rings (SSSR count). The molecule has 1 aliphatic carbocycles. The monoisotopic (exact) mass is 377 g/mol. The molecule has 5 heteroatoms. The highest BCUT2D eigenvalue weighted by atomic mass is 79.9. The number of hydrogen-bond acceptors (Lipinski definition) is 1. The van der Waals surface area contributed by atoms with Crippen molar-refractivity contribution < 1.29 is 4.79 Å². The third-order valence-electron chi connectivity index (χ3n) is 3.92. The first kappa shape index (κ1) is 16.1. The Bertz CT molecular complexity index is 509. The van der Waals surface area contributed by atoms with Crippen LogP contribution in [0, 0.1) is 5.92 Å². The Morgan fingerprint density at radius 2 is 2.25 bits per heavy atom. The van der Waals surface area contributed by atoms with Crippen LogP contribution in [0.1, 0.15) is 43.0 Å². The third-order valence-corrected chi connectivity index (χ3v) is 5.81. The van der Waals surface area contributed by atoms with E-state index in [4.69, 9.17) is 23.2 Å². The highest BCUT2D eigenvalue weighted by Crippen LogP contribution is 2.34. The highest BCUT2D eigenvalue weighted by molar-refractivity contribution is 9.09. The Hall–Kier alpha value is -0.250. The fourth-order valence-electron chi connectivity index (χ4n) is 2.92. The van der Waals surface area contributed by atoms with E-state index < -0.39 is 0 Å². The van der Waals surface area contributed by atoms with E-state index in [0.29, 0.717) is 21.5 Å². The predicted octanol–water partition coefficient (Wildman–Crippen LogP) is 5.07. The fourth-order valence-corrected chi connectivity index (χ4v) is 3.95. The minimum Gasteiger partial charge on any atom is -0.346 e. The first-order chi connectivity index (χ1) is 9.47. The molecule has 0 saturated heterocycles. The molecule has 1 fully saturated rings. The smallest absolute Gasteiger partial charge is 0.253 e. The van der Waals surface area contributed by atoms with Crippen molar-refractivity contribution in [1.82, 2.24) is 5.32 Å². The molecule has 0 aromatic heterocycles. The SMILES string of the molecule is CC1CCCC(CBr)(NC(=O)c2cccc(Cl)c2Cl)C1. The number of halogens is 3. The summed E-state index contributed by atoms with van der Waals surface area (Å²) < 4.78 is 0. The predicted molar refractivity (Wildman–Crippen MR) is 88.1 cm³/mol. The summed E-state index contributed by atoms with van der Waals surface area (Å²) in [5, 5.41) is 4.65. The Kier molecular flexibility index (Phi) is 5.38. The second-order valence-electron chi connectivity index (χ2n) is 5.67. The van der Waals surface area contributed by atoms with Crippen LogP contribution in [0.3, 0.4) is 0 Å². The van der Waals surface area contributed by atoms with Crippen molar-refractivity contribution in [2.24, 2.45) is 5.92 Å². The van der Waals surface area contributed by atoms with Gasteiger partial charge in [0.1, 0.15) is 0 Å². The van der Waals surface area contributed by atoms with Gasteiger partial charge in [-0.3, -0.25) is 4.79 Å². The maximum atomic E-state index is 12.5. The van der Waals surface area contributed by atoms with Gasteiger partial charge in [-0.05, 0) is 30.9 Å². The maximum Gasteiger partial charge on any atom is 0.253 e. The molecule has 2 nitrogen and oxygen atoms in total. The molecule has 0 heterocycles. The minimum absolute atomic E-state index is 0.147. The van der Waals surface area contributed by atoms with Crippen LogP contribution in [0.15, 0.2) is 18.2 Å². The Labute approximate surface area is 138 Å². The summed E-state index contributed by atoms with van der Waals surface area (Å²) in [6, 6.07) is 5.13. The summed E-state index contributed by atoms with van der Waals surface area (Å²) in [7, 11) is 0. The van der Waals surface area contributed by atoms with Crippen molar-refractivity contribution in [3.05, 3.63) is 33.8 Å². The second kappa shape index (κ2) is 6.67. The largest absolute Gasteiger partial charge is 0.346 e. The standard InChI is InChI=1S/C15H18BrCl2NO/c1-10-4-3-7-15(8-10,9-16)19-14(20)11-5-2-6-12(17)13(11)18/h2,5-6,10H,3-4,7-9H2,1H3,(H,19,20). The molecule has 1 N–H and O–H groups in total. The van der Waals surface area contributed by atoms with Gasteiger partial charge in [0, 0.05) is 5.33 Å². The van der Waals surface area contributed by atoms with E-state index in [-0.39, 0.29) is 11.4 Å². The number of benzene rings is 1. The molecule has 2 atom stereocenters. The van der Waals surface area contributed by atoms with Crippen LogP contribution in [-0.2, 0) is 0 Å². The lowest BCUT2D eigenvalue weighted by Gasteiger charge is -2.39. The lowest BCUT2D eigenvalue weighted by atomic mass is 9.77. The lowest BCUT2D eigenvalue weighted by Crippen LogP contribution is -2.52. The van der Waals surface area contributed by atoms with Crippen molar-refractivity contribution in [2.45, 2.75) is 38.1 Å². The summed E-state index contributed by atoms with van der Waals surface area (Å²) in [6.45, 7) is 2.23. The minimum atomic E-state index is -0.180. The van der Waals surface area contributed by atoms with Crippen molar-refractivity contribution in [3.63, 3.8) is 0 Å². The molecule has 0 aliphatic heterocycles. The first-order valence-electron chi connectivity index (χ1n) is 6.80. The average Bonchev–Trinajstić information content (AvgIpc) is 2.41. The number of rotatable bonds is 3. The summed E-state index contributed by atoms with van der Waals surface area (Å²) in [5.41, 5.74) is 0.262. The summed E-state index contributed by atoms with van der Waals surface area (Å²) >= 11 is 15.6. The van der Waals surface area contributed by atoms with Gasteiger partial charge in [-0.2, -0.15) is 0 Å². The van der Waals surface area contributed by atoms with Crippen molar-refractivity contribution >= 4 is 45.0 Å². The second-order valence-corrected chi connectivity index (χ2v) is 7.02. The molecule has 1 aromatic carbocycles. The van der Waals surface area contributed by atoms with Crippen LogP contribution >= 0.6 is 39.1 Å². The van der Waals surface area contributed by atoms with Gasteiger partial charge < -0.3 is 5.32 Å². The molecule has 1 saturated carbocycles. The van der Waals surface area contributed by atoms with E-state index in [1.165, 1.54) is 6.42 Å². The van der Waals surface area contributed by atoms with E-state index in [2.05, 4.69) is 28.2 Å². The number of alkyl halides is 1. The van der Waals surface area contributed by atoms with Crippen LogP contribution in [0.2, 0.25) is 10.0 Å². The van der Waals surface area contributed by atoms with Crippen molar-refractivity contribution in [2.75, 3.05) is 5.33 Å². The molecule has 0 spiro atoms. The van der Waals surface area contributed by atoms with Crippen LogP contribution in [0.25, 0.3) is 0 Å².